The standard InChI is InChI=1S/C42H29N5O2/c1-46-35-21-20-29(25-36(35)47(2)42(46)48)28-16-11-17-30(22-28)40-43-39(27-14-7-4-8-15-27)44-41(45-40)31-23-33(26-12-5-3-6-13-26)38-34(24-31)32-18-9-10-19-37(32)49-38/h3-25H,1-2H3. The fourth-order valence-corrected chi connectivity index (χ4v) is 6.66. The van der Waals surface area contributed by atoms with Crippen molar-refractivity contribution in [2.45, 2.75) is 0 Å². The fraction of sp³-hybridized carbons (Fsp3) is 0.0476. The third-order valence-electron chi connectivity index (χ3n) is 9.21. The van der Waals surface area contributed by atoms with Crippen LogP contribution >= 0.6 is 0 Å². The lowest BCUT2D eigenvalue weighted by Crippen LogP contribution is -2.19. The van der Waals surface area contributed by atoms with E-state index < -0.39 is 0 Å². The molecule has 0 unspecified atom stereocenters. The van der Waals surface area contributed by atoms with E-state index >= 15 is 0 Å². The molecule has 9 rings (SSSR count). The number of hydrogen-bond donors (Lipinski definition) is 0. The number of benzene rings is 6. The van der Waals surface area contributed by atoms with Crippen molar-refractivity contribution in [2.75, 3.05) is 0 Å². The molecule has 0 saturated heterocycles. The number of rotatable bonds is 5. The van der Waals surface area contributed by atoms with Crippen LogP contribution in [0.15, 0.2) is 149 Å². The van der Waals surface area contributed by atoms with Crippen LogP contribution in [0.25, 0.3) is 89.4 Å². The highest BCUT2D eigenvalue weighted by Gasteiger charge is 2.19. The van der Waals surface area contributed by atoms with E-state index in [2.05, 4.69) is 48.5 Å². The van der Waals surface area contributed by atoms with E-state index in [0.29, 0.717) is 17.5 Å². The number of furan rings is 1. The van der Waals surface area contributed by atoms with Gasteiger partial charge in [-0.1, -0.05) is 103 Å². The van der Waals surface area contributed by atoms with Crippen molar-refractivity contribution in [1.29, 1.82) is 0 Å². The van der Waals surface area contributed by atoms with Gasteiger partial charge >= 0.3 is 5.69 Å². The molecule has 49 heavy (non-hydrogen) atoms. The largest absolute Gasteiger partial charge is 0.455 e. The zero-order chi connectivity index (χ0) is 33.1. The summed E-state index contributed by atoms with van der Waals surface area (Å²) in [5.74, 6) is 1.72. The average Bonchev–Trinajstić information content (AvgIpc) is 3.65. The van der Waals surface area contributed by atoms with E-state index in [1.54, 1.807) is 23.2 Å². The normalized spacial score (nSPS) is 11.6. The third-order valence-corrected chi connectivity index (χ3v) is 9.21. The predicted octanol–water partition coefficient (Wildman–Crippen LogP) is 9.30. The van der Waals surface area contributed by atoms with Gasteiger partial charge in [0.15, 0.2) is 17.5 Å². The van der Waals surface area contributed by atoms with Gasteiger partial charge < -0.3 is 4.42 Å². The molecule has 0 atom stereocenters. The van der Waals surface area contributed by atoms with Crippen LogP contribution in [-0.4, -0.2) is 24.1 Å². The molecule has 3 heterocycles. The van der Waals surface area contributed by atoms with Gasteiger partial charge in [0.25, 0.3) is 0 Å². The van der Waals surface area contributed by atoms with E-state index in [4.69, 9.17) is 19.4 Å². The summed E-state index contributed by atoms with van der Waals surface area (Å²) in [5, 5.41) is 2.04. The number of para-hydroxylation sites is 1. The Bertz CT molecular complexity index is 2760. The second-order valence-electron chi connectivity index (χ2n) is 12.2. The van der Waals surface area contributed by atoms with Gasteiger partial charge in [0.05, 0.1) is 11.0 Å². The van der Waals surface area contributed by atoms with Crippen molar-refractivity contribution in [2.24, 2.45) is 14.1 Å². The number of imidazole rings is 1. The summed E-state index contributed by atoms with van der Waals surface area (Å²) in [7, 11) is 3.60. The maximum Gasteiger partial charge on any atom is 0.328 e. The Kier molecular flexibility index (Phi) is 6.59. The first-order valence-electron chi connectivity index (χ1n) is 16.1. The molecule has 0 N–H and O–H groups in total. The summed E-state index contributed by atoms with van der Waals surface area (Å²) in [4.78, 5) is 27.8. The molecule has 0 radical (unpaired) electrons. The lowest BCUT2D eigenvalue weighted by atomic mass is 9.98. The number of fused-ring (bicyclic) bond motifs is 4. The quantitative estimate of drug-likeness (QED) is 0.188. The Balaban J connectivity index is 1.25. The average molecular weight is 636 g/mol. The van der Waals surface area contributed by atoms with Gasteiger partial charge in [0.2, 0.25) is 0 Å². The summed E-state index contributed by atoms with van der Waals surface area (Å²) in [6, 6.07) is 46.9. The minimum Gasteiger partial charge on any atom is -0.455 e. The molecule has 0 aliphatic carbocycles. The fourth-order valence-electron chi connectivity index (χ4n) is 6.66. The molecule has 9 aromatic rings. The Morgan fingerprint density at radius 2 is 1.06 bits per heavy atom. The summed E-state index contributed by atoms with van der Waals surface area (Å²) in [5.41, 5.74) is 10.0. The molecule has 7 nitrogen and oxygen atoms in total. The van der Waals surface area contributed by atoms with Crippen LogP contribution in [0.2, 0.25) is 0 Å². The van der Waals surface area contributed by atoms with Crippen LogP contribution in [0.3, 0.4) is 0 Å². The Labute approximate surface area is 281 Å². The van der Waals surface area contributed by atoms with Gasteiger partial charge in [0, 0.05) is 47.1 Å². The van der Waals surface area contributed by atoms with Gasteiger partial charge in [-0.15, -0.1) is 0 Å². The van der Waals surface area contributed by atoms with Crippen LogP contribution in [0, 0.1) is 0 Å². The highest BCUT2D eigenvalue weighted by Crippen LogP contribution is 2.39. The first kappa shape index (κ1) is 28.6. The Morgan fingerprint density at radius 1 is 0.469 bits per heavy atom. The topological polar surface area (TPSA) is 78.7 Å². The highest BCUT2D eigenvalue weighted by molar-refractivity contribution is 6.11. The Hall–Kier alpha value is -6.60. The molecular formula is C42H29N5O2. The van der Waals surface area contributed by atoms with Crippen molar-refractivity contribution in [1.82, 2.24) is 24.1 Å². The summed E-state index contributed by atoms with van der Waals surface area (Å²) in [6.45, 7) is 0. The molecule has 0 saturated carbocycles. The molecule has 3 aromatic heterocycles. The van der Waals surface area contributed by atoms with Crippen molar-refractivity contribution in [3.8, 4) is 56.4 Å². The molecule has 0 amide bonds. The zero-order valence-corrected chi connectivity index (χ0v) is 26.8. The van der Waals surface area contributed by atoms with Crippen LogP contribution in [-0.2, 0) is 14.1 Å². The van der Waals surface area contributed by atoms with Gasteiger partial charge in [-0.2, -0.15) is 0 Å². The van der Waals surface area contributed by atoms with Crippen LogP contribution in [0.1, 0.15) is 0 Å². The van der Waals surface area contributed by atoms with E-state index in [1.807, 2.05) is 91.0 Å². The lowest BCUT2D eigenvalue weighted by Gasteiger charge is -2.11. The van der Waals surface area contributed by atoms with Crippen molar-refractivity contribution < 1.29 is 4.42 Å². The van der Waals surface area contributed by atoms with Crippen molar-refractivity contribution in [3.63, 3.8) is 0 Å². The monoisotopic (exact) mass is 635 g/mol. The molecular weight excluding hydrogens is 606 g/mol. The molecule has 0 spiro atoms. The molecule has 0 aliphatic rings. The van der Waals surface area contributed by atoms with Crippen LogP contribution < -0.4 is 5.69 Å². The molecule has 6 aromatic carbocycles. The second kappa shape index (κ2) is 11.3. The third kappa shape index (κ3) is 4.83. The molecule has 0 fully saturated rings. The first-order valence-corrected chi connectivity index (χ1v) is 16.1. The number of nitrogens with zero attached hydrogens (tertiary/aromatic N) is 5. The zero-order valence-electron chi connectivity index (χ0n) is 26.8. The smallest absolute Gasteiger partial charge is 0.328 e. The first-order chi connectivity index (χ1) is 24.0. The van der Waals surface area contributed by atoms with E-state index in [1.165, 1.54) is 0 Å². The minimum atomic E-state index is -0.0518. The summed E-state index contributed by atoms with van der Waals surface area (Å²) >= 11 is 0. The molecule has 0 bridgehead atoms. The van der Waals surface area contributed by atoms with Crippen LogP contribution in [0.5, 0.6) is 0 Å². The van der Waals surface area contributed by atoms with Crippen molar-refractivity contribution >= 4 is 33.0 Å². The van der Waals surface area contributed by atoms with E-state index in [9.17, 15) is 4.79 Å². The molecule has 0 aliphatic heterocycles. The van der Waals surface area contributed by atoms with E-state index in [-0.39, 0.29) is 5.69 Å². The molecule has 234 valence electrons. The predicted molar refractivity (Wildman–Crippen MR) is 196 cm³/mol. The van der Waals surface area contributed by atoms with Gasteiger partial charge in [0.1, 0.15) is 11.2 Å². The highest BCUT2D eigenvalue weighted by atomic mass is 16.3. The van der Waals surface area contributed by atoms with Gasteiger partial charge in [-0.05, 0) is 53.1 Å². The molecule has 7 heteroatoms. The number of hydrogen-bond acceptors (Lipinski definition) is 5. The van der Waals surface area contributed by atoms with E-state index in [0.717, 1.165) is 71.9 Å². The van der Waals surface area contributed by atoms with Gasteiger partial charge in [-0.25, -0.2) is 19.7 Å². The van der Waals surface area contributed by atoms with Crippen molar-refractivity contribution in [3.05, 3.63) is 150 Å². The number of aryl methyl sites for hydroxylation is 2. The lowest BCUT2D eigenvalue weighted by molar-refractivity contribution is 0.670. The second-order valence-corrected chi connectivity index (χ2v) is 12.2. The minimum absolute atomic E-state index is 0.0518. The maximum absolute atomic E-state index is 12.6. The summed E-state index contributed by atoms with van der Waals surface area (Å²) < 4.78 is 9.78. The van der Waals surface area contributed by atoms with Gasteiger partial charge in [-0.3, -0.25) is 9.13 Å². The maximum atomic E-state index is 12.6. The SMILES string of the molecule is Cn1c(=O)n(C)c2cc(-c3cccc(-c4nc(-c5ccccc5)nc(-c5cc(-c6ccccc6)c6oc7ccccc7c6c5)n4)c3)ccc21. The number of aromatic nitrogens is 5. The Morgan fingerprint density at radius 3 is 1.84 bits per heavy atom. The van der Waals surface area contributed by atoms with Crippen LogP contribution in [0.4, 0.5) is 0 Å². The summed E-state index contributed by atoms with van der Waals surface area (Å²) in [6.07, 6.45) is 0.